The predicted octanol–water partition coefficient (Wildman–Crippen LogP) is 7.47. The van der Waals surface area contributed by atoms with Crippen molar-refractivity contribution in [2.75, 3.05) is 68.4 Å². The average Bonchev–Trinajstić information content (AvgIpc) is 1.62. The summed E-state index contributed by atoms with van der Waals surface area (Å²) >= 11 is 21.4. The summed E-state index contributed by atoms with van der Waals surface area (Å²) in [6.45, 7) is 21.8. The van der Waals surface area contributed by atoms with Crippen molar-refractivity contribution >= 4 is 178 Å². The number of halogens is 6. The van der Waals surface area contributed by atoms with Crippen LogP contribution in [0.2, 0.25) is 0 Å². The Morgan fingerprint density at radius 2 is 1.07 bits per heavy atom. The van der Waals surface area contributed by atoms with Crippen molar-refractivity contribution in [2.24, 2.45) is 20.4 Å². The van der Waals surface area contributed by atoms with E-state index < -0.39 is 70.6 Å². The number of carboxylic acids is 3. The number of aliphatic imine (C=N–C) groups is 3. The molecule has 8 heterocycles. The first-order valence-corrected chi connectivity index (χ1v) is 57.2. The molecule has 0 radical (unpaired) electrons. The van der Waals surface area contributed by atoms with Crippen molar-refractivity contribution in [1.29, 1.82) is 0 Å². The second-order valence-corrected chi connectivity index (χ2v) is 70.7. The molecule has 0 saturated heterocycles. The molecular formula is C83H108Cl3I3N10NaO15S3V-2. The molecule has 36 heteroatoms. The SMILES string of the molecule is CC(=O)[O-].CC1(C)C2=CC=CN(CCCCS(=O)(=O)[O-])C2=N/C1=C/C=C1\CN(CCCCCC(=O)O)CC(/C=C/C2=Nc3c(ccc[n+]3CCCCS(=O)(=O)[O-])C2(C)C)=C1Cl.CC1=Nc2c(ccc[n+]2CCCCS(=O)(=O)[O-])C1(C)C.O=C(O)CCCCCN1CC(C=[NH+]c2ccccc2)=C(Cl)/C(=C/Nc2ccccc2)C1.[CH3-].[Cl-].[I][V]([I])[I].[Na+]. The normalized spacial score (nSPS) is 17.5. The zero-order chi connectivity index (χ0) is 85.6. The number of carbonyl (C=O) groups is 3. The number of carbonyl (C=O) groups excluding carboxylic acids is 1. The van der Waals surface area contributed by atoms with Gasteiger partial charge in [0, 0.05) is 126 Å². The number of hydrogen-bond donors (Lipinski definition) is 4. The minimum Gasteiger partial charge on any atom is 1.00 e. The first-order chi connectivity index (χ1) is 54.6. The van der Waals surface area contributed by atoms with E-state index in [-0.39, 0.29) is 91.2 Å². The van der Waals surface area contributed by atoms with Crippen molar-refractivity contribution in [3.63, 3.8) is 0 Å². The molecular weight excluding hydrogens is 2030 g/mol. The Morgan fingerprint density at radius 3 is 1.58 bits per heavy atom. The fraction of sp³-hybridized carbons (Fsp3) is 0.446. The van der Waals surface area contributed by atoms with Gasteiger partial charge in [-0.1, -0.05) is 105 Å². The van der Waals surface area contributed by atoms with Crippen LogP contribution in [-0.2, 0) is 73.6 Å². The van der Waals surface area contributed by atoms with Gasteiger partial charge in [-0.05, 0) is 195 Å². The zero-order valence-corrected chi connectivity index (χ0v) is 83.6. The molecule has 0 spiro atoms. The minimum absolute atomic E-state index is 0. The van der Waals surface area contributed by atoms with E-state index in [2.05, 4.69) is 133 Å². The van der Waals surface area contributed by atoms with E-state index in [4.69, 9.17) is 53.3 Å². The van der Waals surface area contributed by atoms with Crippen LogP contribution in [0.25, 0.3) is 0 Å². The standard InChI is InChI=1S/C41H54ClN5O8S2.C25H28ClN3O2.C14H20N2O3S.C2H4O2.CH3.ClH.3HI.Na.V/c1-40(2)32-14-12-24-46(22-8-10-26-56(50,51)52)38(32)43-34(40)19-17-30-28-45(21-7-5-6-16-36(48)49)29-31(37(30)42)18-20-35-41(3,4)33-15-13-25-47(39(33)44-35)23-9-11-27-57(53,54)55;26-25-20(16-27-22-10-4-1-5-11-22)18-29(15-9-3-8-14-24(30)31)19-21(25)17-28-23-12-6-2-7-13-23;1-11-14(2,3)12-7-6-9-16(13(12)15-11)8-4-5-10-20(17,18)19;1-2(3)4;;;;;;;/h12-15,17-20,24-25H,5-11,16,21-23,26-29H2,1-4H3,(H2-,48,49,50,51,52,53,54,55);1-2,4-7,10-13,16-17,27H,3,8-9,14-15,18-19H2,(H,30,31);6-7,9H,4-5,8,10H2,1-3H3;1H3,(H,3,4);1H3;4*1H;;/q;;;;-1;;;;;+1;+3/p-5/b;20-16+,28-17?;;;;;;;;;. The summed E-state index contributed by atoms with van der Waals surface area (Å²) in [6.07, 6.45) is 29.6. The molecule has 4 N–H and O–H groups in total. The summed E-state index contributed by atoms with van der Waals surface area (Å²) in [5.41, 5.74) is 11.1. The molecule has 0 amide bonds. The van der Waals surface area contributed by atoms with E-state index in [0.29, 0.717) is 76.3 Å². The Hall–Kier alpha value is -4.36. The summed E-state index contributed by atoms with van der Waals surface area (Å²) < 4.78 is 102. The maximum atomic E-state index is 11.1. The summed E-state index contributed by atoms with van der Waals surface area (Å²) in [5, 5.41) is 31.5. The van der Waals surface area contributed by atoms with Gasteiger partial charge in [0.1, 0.15) is 11.5 Å². The second-order valence-electron chi connectivity index (χ2n) is 30.0. The number of para-hydroxylation sites is 2. The van der Waals surface area contributed by atoms with Crippen molar-refractivity contribution in [1.82, 2.24) is 14.7 Å². The second kappa shape index (κ2) is 52.6. The Labute approximate surface area is 779 Å². The molecule has 10 rings (SSSR count). The van der Waals surface area contributed by atoms with Crippen LogP contribution >= 0.6 is 83.1 Å². The first kappa shape index (κ1) is 109. The molecule has 119 heavy (non-hydrogen) atoms. The van der Waals surface area contributed by atoms with Gasteiger partial charge in [0.05, 0.1) is 88.5 Å². The molecule has 2 aromatic carbocycles. The minimum atomic E-state index is -4.26. The van der Waals surface area contributed by atoms with Crippen molar-refractivity contribution in [3.8, 4) is 0 Å². The van der Waals surface area contributed by atoms with E-state index in [9.17, 15) is 48.5 Å². The van der Waals surface area contributed by atoms with E-state index in [1.807, 2.05) is 167 Å². The third kappa shape index (κ3) is 37.8. The van der Waals surface area contributed by atoms with Gasteiger partial charge in [-0.3, -0.25) is 19.4 Å². The van der Waals surface area contributed by atoms with Gasteiger partial charge in [-0.25, -0.2) is 44.4 Å². The van der Waals surface area contributed by atoms with Gasteiger partial charge in [0.2, 0.25) is 5.69 Å². The van der Waals surface area contributed by atoms with Crippen LogP contribution in [0.5, 0.6) is 0 Å². The van der Waals surface area contributed by atoms with Crippen molar-refractivity contribution < 1.29 is 130 Å². The van der Waals surface area contributed by atoms with Gasteiger partial charge in [0.15, 0.2) is 11.9 Å². The van der Waals surface area contributed by atoms with Crippen LogP contribution in [0.4, 0.5) is 23.0 Å². The molecule has 6 aliphatic rings. The fourth-order valence-corrected chi connectivity index (χ4v) is 15.5. The van der Waals surface area contributed by atoms with Crippen LogP contribution < -0.4 is 66.5 Å². The summed E-state index contributed by atoms with van der Waals surface area (Å²) in [7, 11) is -12.6. The number of hydrogen-bond acceptors (Lipinski definition) is 20. The molecule has 2 aromatic heterocycles. The number of benzene rings is 2. The number of aryl methyl sites for hydroxylation is 2. The Kier molecular flexibility index (Phi) is 48.1. The monoisotopic (exact) mass is 2140 g/mol. The molecule has 6 aliphatic heterocycles. The van der Waals surface area contributed by atoms with E-state index in [0.717, 1.165) is 143 Å². The number of anilines is 1. The molecule has 0 bridgehead atoms. The zero-order valence-electron chi connectivity index (χ0n) is 69.0. The van der Waals surface area contributed by atoms with Gasteiger partial charge in [0.25, 0.3) is 0 Å². The molecule has 0 fully saturated rings. The smallest absolute Gasteiger partial charge is 1.00 e. The fourth-order valence-electron chi connectivity index (χ4n) is 13.4. The summed E-state index contributed by atoms with van der Waals surface area (Å²) in [5.74, 6) is -1.15. The van der Waals surface area contributed by atoms with Crippen molar-refractivity contribution in [3.05, 3.63) is 208 Å². The van der Waals surface area contributed by atoms with Gasteiger partial charge in [-0.2, -0.15) is 0 Å². The number of pyridine rings is 2. The number of nitrogens with one attached hydrogen (secondary N) is 2. The van der Waals surface area contributed by atoms with Gasteiger partial charge >= 0.3 is 118 Å². The first-order valence-electron chi connectivity index (χ1n) is 38.2. The average molecular weight is 2140 g/mol. The Bertz CT molecular complexity index is 4850. The van der Waals surface area contributed by atoms with E-state index in [1.165, 1.54) is 5.56 Å². The van der Waals surface area contributed by atoms with Crippen LogP contribution in [0, 0.1) is 12.8 Å². The number of aliphatic carboxylic acids is 3. The summed E-state index contributed by atoms with van der Waals surface area (Å²) in [4.78, 5) is 55.1. The third-order valence-electron chi connectivity index (χ3n) is 19.9. The number of unbranched alkanes of at least 4 members (excludes halogenated alkanes) is 7. The third-order valence-corrected chi connectivity index (χ3v) is 23.2. The topological polar surface area (TPSA) is 367 Å². The number of fused-ring (bicyclic) bond motifs is 3. The quantitative estimate of drug-likeness (QED) is 0.00669. The maximum Gasteiger partial charge on any atom is 1.00 e. The van der Waals surface area contributed by atoms with Crippen LogP contribution in [0.3, 0.4) is 0 Å². The molecule has 0 saturated carbocycles. The number of nitrogens with zero attached hydrogens (tertiary/aromatic N) is 8. The molecule has 4 aromatic rings. The van der Waals surface area contributed by atoms with Crippen LogP contribution in [-0.4, -0.2) is 168 Å². The Balaban J connectivity index is 0.000000491. The van der Waals surface area contributed by atoms with Crippen LogP contribution in [0.1, 0.15) is 156 Å². The Morgan fingerprint density at radius 1 is 0.605 bits per heavy atom. The van der Waals surface area contributed by atoms with Gasteiger partial charge < -0.3 is 63.8 Å². The molecule has 0 unspecified atom stereocenters. The van der Waals surface area contributed by atoms with Crippen LogP contribution in [0.15, 0.2) is 205 Å². The number of carboxylic acid groups (broad SMARTS) is 3. The summed E-state index contributed by atoms with van der Waals surface area (Å²) in [6, 6.07) is 28.1. The van der Waals surface area contributed by atoms with E-state index in [1.54, 1.807) is 0 Å². The van der Waals surface area contributed by atoms with E-state index >= 15 is 0 Å². The number of aromatic nitrogens is 2. The van der Waals surface area contributed by atoms with Crippen molar-refractivity contribution in [2.45, 2.75) is 169 Å². The van der Waals surface area contributed by atoms with Gasteiger partial charge in [-0.15, -0.1) is 0 Å². The molecule has 25 nitrogen and oxygen atoms in total. The molecule has 0 aliphatic carbocycles. The maximum absolute atomic E-state index is 11.1. The molecule has 648 valence electrons. The number of amidine groups is 1. The number of allylic oxidation sites excluding steroid dienone is 6. The predicted molar refractivity (Wildman–Crippen MR) is 482 cm³/mol. The number of rotatable bonds is 34. The molecule has 0 atom stereocenters. The largest absolute Gasteiger partial charge is 1.00 e.